The first kappa shape index (κ1) is 16.3. The molecule has 25 heavy (non-hydrogen) atoms. The average Bonchev–Trinajstić information content (AvgIpc) is 3.46. The van der Waals surface area contributed by atoms with Crippen LogP contribution >= 0.6 is 0 Å². The second-order valence-corrected chi connectivity index (χ2v) is 7.38. The first-order valence-corrected chi connectivity index (χ1v) is 9.22. The molecule has 1 saturated heterocycles. The van der Waals surface area contributed by atoms with E-state index in [0.29, 0.717) is 30.9 Å². The van der Waals surface area contributed by atoms with Gasteiger partial charge in [0.25, 0.3) is 5.56 Å². The Balaban J connectivity index is 1.64. The molecule has 2 fully saturated rings. The lowest BCUT2D eigenvalue weighted by molar-refractivity contribution is -0.136. The number of hydrogen-bond donors (Lipinski definition) is 1. The number of hydrogen-bond acceptors (Lipinski definition) is 4. The van der Waals surface area contributed by atoms with E-state index in [1.807, 2.05) is 4.90 Å². The topological polar surface area (TPSA) is 86.4 Å². The maximum Gasteiger partial charge on any atom is 0.256 e. The predicted molar refractivity (Wildman–Crippen MR) is 90.7 cm³/mol. The summed E-state index contributed by atoms with van der Waals surface area (Å²) in [4.78, 5) is 48.0. The molecule has 7 nitrogen and oxygen atoms in total. The third-order valence-corrected chi connectivity index (χ3v) is 5.56. The van der Waals surface area contributed by atoms with E-state index in [1.165, 1.54) is 6.92 Å². The summed E-state index contributed by atoms with van der Waals surface area (Å²) in [6.45, 7) is 3.18. The third-order valence-electron chi connectivity index (χ3n) is 5.56. The van der Waals surface area contributed by atoms with E-state index >= 15 is 0 Å². The van der Waals surface area contributed by atoms with Gasteiger partial charge in [-0.1, -0.05) is 0 Å². The molecule has 3 heterocycles. The molecule has 1 aliphatic carbocycles. The van der Waals surface area contributed by atoms with E-state index in [9.17, 15) is 14.4 Å². The van der Waals surface area contributed by atoms with Crippen molar-refractivity contribution in [3.8, 4) is 0 Å². The lowest BCUT2D eigenvalue weighted by Crippen LogP contribution is -2.42. The summed E-state index contributed by atoms with van der Waals surface area (Å²) < 4.78 is 0. The maximum absolute atomic E-state index is 12.6. The Labute approximate surface area is 146 Å². The molecule has 0 spiro atoms. The van der Waals surface area contributed by atoms with Gasteiger partial charge in [0, 0.05) is 32.4 Å². The zero-order chi connectivity index (χ0) is 17.6. The van der Waals surface area contributed by atoms with E-state index in [4.69, 9.17) is 4.98 Å². The van der Waals surface area contributed by atoms with Crippen LogP contribution in [0.4, 0.5) is 0 Å². The van der Waals surface area contributed by atoms with Crippen molar-refractivity contribution in [1.29, 1.82) is 0 Å². The standard InChI is InChI=1S/C18H24N4O3/c1-11(23)21-9-7-14-13(10-21)17(24)20-16(19-14)15-4-2-3-8-22(15)18(25)12-5-6-12/h12,15H,2-10H2,1H3,(H,19,20,24). The van der Waals surface area contributed by atoms with Crippen LogP contribution in [0.15, 0.2) is 4.79 Å². The summed E-state index contributed by atoms with van der Waals surface area (Å²) in [6.07, 6.45) is 5.46. The second-order valence-electron chi connectivity index (χ2n) is 7.38. The van der Waals surface area contributed by atoms with Crippen molar-refractivity contribution in [2.24, 2.45) is 5.92 Å². The average molecular weight is 344 g/mol. The van der Waals surface area contributed by atoms with Crippen LogP contribution in [0.5, 0.6) is 0 Å². The highest BCUT2D eigenvalue weighted by molar-refractivity contribution is 5.81. The van der Waals surface area contributed by atoms with Gasteiger partial charge in [-0.25, -0.2) is 4.98 Å². The molecule has 134 valence electrons. The summed E-state index contributed by atoms with van der Waals surface area (Å²) in [5.74, 6) is 0.984. The Morgan fingerprint density at radius 2 is 1.96 bits per heavy atom. The molecule has 1 N–H and O–H groups in total. The van der Waals surface area contributed by atoms with Crippen molar-refractivity contribution in [1.82, 2.24) is 19.8 Å². The minimum atomic E-state index is -0.171. The number of carbonyl (C=O) groups excluding carboxylic acids is 2. The number of fused-ring (bicyclic) bond motifs is 1. The van der Waals surface area contributed by atoms with Gasteiger partial charge in [-0.3, -0.25) is 14.4 Å². The second kappa shape index (κ2) is 6.28. The molecule has 0 bridgehead atoms. The van der Waals surface area contributed by atoms with Crippen LogP contribution in [0, 0.1) is 5.92 Å². The normalized spacial score (nSPS) is 23.3. The molecule has 1 atom stereocenters. The molecule has 0 aromatic carbocycles. The van der Waals surface area contributed by atoms with Crippen molar-refractivity contribution in [2.45, 2.75) is 58.0 Å². The third kappa shape index (κ3) is 3.07. The lowest BCUT2D eigenvalue weighted by Gasteiger charge is -2.36. The molecule has 3 aliphatic rings. The molecule has 1 unspecified atom stereocenters. The van der Waals surface area contributed by atoms with Crippen LogP contribution in [-0.4, -0.2) is 44.7 Å². The molecule has 2 amide bonds. The fourth-order valence-corrected chi connectivity index (χ4v) is 3.92. The molecule has 2 aliphatic heterocycles. The zero-order valence-electron chi connectivity index (χ0n) is 14.6. The molecule has 1 aromatic rings. The van der Waals surface area contributed by atoms with Gasteiger partial charge >= 0.3 is 0 Å². The molecule has 4 rings (SSSR count). The Kier molecular flexibility index (Phi) is 4.09. The Bertz CT molecular complexity index is 768. The van der Waals surface area contributed by atoms with Gasteiger partial charge in [-0.2, -0.15) is 0 Å². The summed E-state index contributed by atoms with van der Waals surface area (Å²) in [6, 6.07) is -0.120. The largest absolute Gasteiger partial charge is 0.338 e. The summed E-state index contributed by atoms with van der Waals surface area (Å²) in [7, 11) is 0. The first-order chi connectivity index (χ1) is 12.0. The lowest BCUT2D eigenvalue weighted by atomic mass is 9.99. The van der Waals surface area contributed by atoms with Crippen LogP contribution in [0.25, 0.3) is 0 Å². The number of likely N-dealkylation sites (tertiary alicyclic amines) is 1. The Morgan fingerprint density at radius 3 is 2.68 bits per heavy atom. The van der Waals surface area contributed by atoms with Crippen molar-refractivity contribution < 1.29 is 9.59 Å². The van der Waals surface area contributed by atoms with E-state index in [-0.39, 0.29) is 29.3 Å². The number of amides is 2. The fraction of sp³-hybridized carbons (Fsp3) is 0.667. The maximum atomic E-state index is 12.6. The highest BCUT2D eigenvalue weighted by Gasteiger charge is 2.38. The van der Waals surface area contributed by atoms with Gasteiger partial charge in [-0.05, 0) is 32.1 Å². The number of carbonyl (C=O) groups is 2. The van der Waals surface area contributed by atoms with Crippen LogP contribution in [-0.2, 0) is 22.6 Å². The number of aromatic amines is 1. The minimum Gasteiger partial charge on any atom is -0.338 e. The Morgan fingerprint density at radius 1 is 1.16 bits per heavy atom. The van der Waals surface area contributed by atoms with Gasteiger partial charge in [0.2, 0.25) is 11.8 Å². The number of nitrogens with one attached hydrogen (secondary N) is 1. The van der Waals surface area contributed by atoms with Gasteiger partial charge < -0.3 is 14.8 Å². The minimum absolute atomic E-state index is 0.0254. The summed E-state index contributed by atoms with van der Waals surface area (Å²) in [5.41, 5.74) is 1.19. The van der Waals surface area contributed by atoms with E-state index < -0.39 is 0 Å². The SMILES string of the molecule is CC(=O)N1CCc2nc(C3CCCCN3C(=O)C3CC3)[nH]c(=O)c2C1. The van der Waals surface area contributed by atoms with E-state index in [2.05, 4.69) is 4.98 Å². The molecule has 1 saturated carbocycles. The molecular weight excluding hydrogens is 320 g/mol. The van der Waals surface area contributed by atoms with Gasteiger partial charge in [0.05, 0.1) is 23.8 Å². The first-order valence-electron chi connectivity index (χ1n) is 9.22. The van der Waals surface area contributed by atoms with Gasteiger partial charge in [0.15, 0.2) is 0 Å². The molecular formula is C18H24N4O3. The zero-order valence-corrected chi connectivity index (χ0v) is 14.6. The molecule has 0 radical (unpaired) electrons. The van der Waals surface area contributed by atoms with Gasteiger partial charge in [-0.15, -0.1) is 0 Å². The highest BCUT2D eigenvalue weighted by atomic mass is 16.2. The number of nitrogens with zero attached hydrogens (tertiary/aromatic N) is 3. The molecule has 7 heteroatoms. The van der Waals surface area contributed by atoms with Crippen LogP contribution in [0.1, 0.15) is 62.2 Å². The van der Waals surface area contributed by atoms with Crippen molar-refractivity contribution in [3.05, 3.63) is 27.4 Å². The summed E-state index contributed by atoms with van der Waals surface area (Å²) >= 11 is 0. The monoisotopic (exact) mass is 344 g/mol. The highest BCUT2D eigenvalue weighted by Crippen LogP contribution is 2.37. The van der Waals surface area contributed by atoms with Crippen molar-refractivity contribution >= 4 is 11.8 Å². The van der Waals surface area contributed by atoms with Gasteiger partial charge in [0.1, 0.15) is 5.82 Å². The summed E-state index contributed by atoms with van der Waals surface area (Å²) in [5, 5.41) is 0. The van der Waals surface area contributed by atoms with Crippen molar-refractivity contribution in [2.75, 3.05) is 13.1 Å². The van der Waals surface area contributed by atoms with Crippen molar-refractivity contribution in [3.63, 3.8) is 0 Å². The smallest absolute Gasteiger partial charge is 0.256 e. The Hall–Kier alpha value is -2.18. The fourth-order valence-electron chi connectivity index (χ4n) is 3.92. The van der Waals surface area contributed by atoms with Crippen LogP contribution < -0.4 is 5.56 Å². The number of aromatic nitrogens is 2. The van der Waals surface area contributed by atoms with E-state index in [1.54, 1.807) is 4.90 Å². The predicted octanol–water partition coefficient (Wildman–Crippen LogP) is 1.14. The number of rotatable bonds is 2. The quantitative estimate of drug-likeness (QED) is 0.872. The van der Waals surface area contributed by atoms with Crippen LogP contribution in [0.2, 0.25) is 0 Å². The number of piperidine rings is 1. The van der Waals surface area contributed by atoms with E-state index in [0.717, 1.165) is 44.3 Å². The van der Waals surface area contributed by atoms with Crippen LogP contribution in [0.3, 0.4) is 0 Å². The molecule has 1 aromatic heterocycles. The number of H-pyrrole nitrogens is 1.